The molecular weight excluding hydrogens is 290 g/mol. The summed E-state index contributed by atoms with van der Waals surface area (Å²) in [6.45, 7) is 3.67. The molecule has 0 radical (unpaired) electrons. The molecule has 0 saturated carbocycles. The van der Waals surface area contributed by atoms with Gasteiger partial charge in [-0.3, -0.25) is 4.99 Å². The maximum Gasteiger partial charge on any atom is 0.193 e. The van der Waals surface area contributed by atoms with Crippen LogP contribution >= 0.6 is 0 Å². The maximum atomic E-state index is 5.44. The number of aliphatic imine (C=N–C) groups is 1. The average molecular weight is 319 g/mol. The summed E-state index contributed by atoms with van der Waals surface area (Å²) in [4.78, 5) is 6.57. The van der Waals surface area contributed by atoms with Crippen LogP contribution in [0, 0.1) is 5.92 Å². The molecule has 0 aliphatic carbocycles. The zero-order valence-corrected chi connectivity index (χ0v) is 14.5. The molecule has 1 fully saturated rings. The van der Waals surface area contributed by atoms with Gasteiger partial charge in [-0.05, 0) is 37.0 Å². The van der Waals surface area contributed by atoms with Gasteiger partial charge in [0, 0.05) is 39.7 Å². The molecule has 1 aromatic rings. The fraction of sp³-hybridized carbons (Fsp3) is 0.611. The molecule has 1 heterocycles. The third-order valence-corrected chi connectivity index (χ3v) is 4.19. The van der Waals surface area contributed by atoms with Crippen molar-refractivity contribution in [1.29, 1.82) is 0 Å². The lowest BCUT2D eigenvalue weighted by Crippen LogP contribution is -2.41. The highest BCUT2D eigenvalue weighted by molar-refractivity contribution is 5.79. The van der Waals surface area contributed by atoms with Crippen molar-refractivity contribution in [1.82, 2.24) is 10.2 Å². The first kappa shape index (κ1) is 17.6. The number of nitrogens with one attached hydrogen (secondary N) is 1. The Morgan fingerprint density at radius 1 is 1.48 bits per heavy atom. The summed E-state index contributed by atoms with van der Waals surface area (Å²) in [7, 11) is 5.64. The zero-order chi connectivity index (χ0) is 16.5. The molecule has 5 nitrogen and oxygen atoms in total. The molecule has 0 spiro atoms. The quantitative estimate of drug-likeness (QED) is 0.475. The summed E-state index contributed by atoms with van der Waals surface area (Å²) in [5, 5.41) is 3.45. The molecule has 1 aromatic carbocycles. The van der Waals surface area contributed by atoms with E-state index in [9.17, 15) is 0 Å². The topological polar surface area (TPSA) is 46.1 Å². The molecule has 1 atom stereocenters. The summed E-state index contributed by atoms with van der Waals surface area (Å²) in [5.74, 6) is 2.50. The van der Waals surface area contributed by atoms with Crippen molar-refractivity contribution < 1.29 is 9.47 Å². The summed E-state index contributed by atoms with van der Waals surface area (Å²) in [5.41, 5.74) is 1.30. The average Bonchev–Trinajstić information content (AvgIpc) is 3.08. The van der Waals surface area contributed by atoms with Gasteiger partial charge in [0.05, 0.1) is 13.7 Å². The van der Waals surface area contributed by atoms with Gasteiger partial charge in [-0.2, -0.15) is 0 Å². The number of hydrogen-bond acceptors (Lipinski definition) is 3. The second-order valence-corrected chi connectivity index (χ2v) is 6.04. The number of benzene rings is 1. The molecule has 0 aromatic heterocycles. The van der Waals surface area contributed by atoms with Crippen molar-refractivity contribution in [3.05, 3.63) is 29.8 Å². The highest BCUT2D eigenvalue weighted by Crippen LogP contribution is 2.14. The van der Waals surface area contributed by atoms with E-state index >= 15 is 0 Å². The highest BCUT2D eigenvalue weighted by Gasteiger charge is 2.18. The van der Waals surface area contributed by atoms with Crippen LogP contribution < -0.4 is 10.1 Å². The lowest BCUT2D eigenvalue weighted by molar-refractivity contribution is 0.181. The molecule has 0 amide bonds. The molecular formula is C18H29N3O2. The number of guanidine groups is 1. The number of aryl methyl sites for hydroxylation is 1. The van der Waals surface area contributed by atoms with Crippen LogP contribution in [0.5, 0.6) is 5.75 Å². The van der Waals surface area contributed by atoms with Gasteiger partial charge in [0.1, 0.15) is 5.75 Å². The van der Waals surface area contributed by atoms with Crippen molar-refractivity contribution in [3.63, 3.8) is 0 Å². The number of hydrogen-bond donors (Lipinski definition) is 1. The van der Waals surface area contributed by atoms with Crippen molar-refractivity contribution in [2.75, 3.05) is 47.5 Å². The lowest BCUT2D eigenvalue weighted by atomic mass is 10.1. The Balaban J connectivity index is 1.70. The standard InChI is InChI=1S/C18H29N3O2/c1-19-18(21(2)13-16-9-11-23-14-16)20-10-5-7-15-6-4-8-17(12-15)22-3/h4,6,8,12,16H,5,7,9-11,13-14H2,1-3H3,(H,19,20). The SMILES string of the molecule is CN=C(NCCCc1cccc(OC)c1)N(C)CC1CCOC1. The van der Waals surface area contributed by atoms with E-state index in [1.165, 1.54) is 5.56 Å². The third kappa shape index (κ3) is 5.75. The zero-order valence-electron chi connectivity index (χ0n) is 14.5. The van der Waals surface area contributed by atoms with Crippen molar-refractivity contribution in [2.45, 2.75) is 19.3 Å². The predicted molar refractivity (Wildman–Crippen MR) is 94.2 cm³/mol. The van der Waals surface area contributed by atoms with E-state index < -0.39 is 0 Å². The van der Waals surface area contributed by atoms with Crippen LogP contribution in [0.3, 0.4) is 0 Å². The minimum Gasteiger partial charge on any atom is -0.497 e. The van der Waals surface area contributed by atoms with Gasteiger partial charge in [-0.15, -0.1) is 0 Å². The van der Waals surface area contributed by atoms with E-state index in [2.05, 4.69) is 34.4 Å². The highest BCUT2D eigenvalue weighted by atomic mass is 16.5. The molecule has 2 rings (SSSR count). The van der Waals surface area contributed by atoms with Gasteiger partial charge < -0.3 is 19.7 Å². The molecule has 128 valence electrons. The monoisotopic (exact) mass is 319 g/mol. The fourth-order valence-corrected chi connectivity index (χ4v) is 2.91. The Kier molecular flexibility index (Phi) is 7.20. The summed E-state index contributed by atoms with van der Waals surface area (Å²) in [6, 6.07) is 8.26. The largest absolute Gasteiger partial charge is 0.497 e. The van der Waals surface area contributed by atoms with Crippen molar-refractivity contribution in [2.24, 2.45) is 10.9 Å². The molecule has 0 bridgehead atoms. The predicted octanol–water partition coefficient (Wildman–Crippen LogP) is 2.17. The van der Waals surface area contributed by atoms with Gasteiger partial charge in [0.25, 0.3) is 0 Å². The number of methoxy groups -OCH3 is 1. The molecule has 5 heteroatoms. The molecule has 1 saturated heterocycles. The first-order valence-electron chi connectivity index (χ1n) is 8.35. The van der Waals surface area contributed by atoms with Crippen molar-refractivity contribution >= 4 is 5.96 Å². The Bertz CT molecular complexity index is 499. The van der Waals surface area contributed by atoms with Crippen LogP contribution in [-0.4, -0.2) is 58.4 Å². The number of ether oxygens (including phenoxy) is 2. The van der Waals surface area contributed by atoms with E-state index in [0.29, 0.717) is 5.92 Å². The first-order chi connectivity index (χ1) is 11.2. The van der Waals surface area contributed by atoms with E-state index in [1.807, 2.05) is 19.2 Å². The van der Waals surface area contributed by atoms with Gasteiger partial charge in [0.2, 0.25) is 0 Å². The normalized spacial score (nSPS) is 18.0. The van der Waals surface area contributed by atoms with Gasteiger partial charge in [-0.1, -0.05) is 12.1 Å². The Morgan fingerprint density at radius 2 is 2.35 bits per heavy atom. The van der Waals surface area contributed by atoms with Crippen LogP contribution in [0.25, 0.3) is 0 Å². The van der Waals surface area contributed by atoms with Gasteiger partial charge in [0.15, 0.2) is 5.96 Å². The van der Waals surface area contributed by atoms with Crippen LogP contribution in [0.1, 0.15) is 18.4 Å². The van der Waals surface area contributed by atoms with E-state index in [-0.39, 0.29) is 0 Å². The smallest absolute Gasteiger partial charge is 0.193 e. The molecule has 1 aliphatic heterocycles. The molecule has 1 aliphatic rings. The minimum atomic E-state index is 0.621. The van der Waals surface area contributed by atoms with Crippen LogP contribution in [0.15, 0.2) is 29.3 Å². The third-order valence-electron chi connectivity index (χ3n) is 4.19. The van der Waals surface area contributed by atoms with E-state index in [1.54, 1.807) is 7.11 Å². The number of nitrogens with zero attached hydrogens (tertiary/aromatic N) is 2. The number of rotatable bonds is 7. The summed E-state index contributed by atoms with van der Waals surface area (Å²) < 4.78 is 10.7. The van der Waals surface area contributed by atoms with Crippen molar-refractivity contribution in [3.8, 4) is 5.75 Å². The fourth-order valence-electron chi connectivity index (χ4n) is 2.91. The maximum absolute atomic E-state index is 5.44. The second kappa shape index (κ2) is 9.40. The summed E-state index contributed by atoms with van der Waals surface area (Å²) in [6.07, 6.45) is 3.24. The molecule has 1 N–H and O–H groups in total. The van der Waals surface area contributed by atoms with Crippen LogP contribution in [0.2, 0.25) is 0 Å². The Morgan fingerprint density at radius 3 is 3.04 bits per heavy atom. The van der Waals surface area contributed by atoms with Gasteiger partial charge in [-0.25, -0.2) is 0 Å². The van der Waals surface area contributed by atoms with Gasteiger partial charge >= 0.3 is 0 Å². The molecule has 23 heavy (non-hydrogen) atoms. The molecule has 1 unspecified atom stereocenters. The van der Waals surface area contributed by atoms with E-state index in [4.69, 9.17) is 9.47 Å². The second-order valence-electron chi connectivity index (χ2n) is 6.04. The first-order valence-corrected chi connectivity index (χ1v) is 8.35. The van der Waals surface area contributed by atoms with E-state index in [0.717, 1.165) is 57.3 Å². The summed E-state index contributed by atoms with van der Waals surface area (Å²) >= 11 is 0. The lowest BCUT2D eigenvalue weighted by Gasteiger charge is -2.24. The Hall–Kier alpha value is -1.75. The Labute approximate surface area is 139 Å². The van der Waals surface area contributed by atoms with Crippen LogP contribution in [0.4, 0.5) is 0 Å². The minimum absolute atomic E-state index is 0.621. The van der Waals surface area contributed by atoms with Crippen LogP contribution in [-0.2, 0) is 11.2 Å².